The molecular formula is C15H15ClN2S3. The lowest BCUT2D eigenvalue weighted by molar-refractivity contribution is 0.800. The van der Waals surface area contributed by atoms with Crippen molar-refractivity contribution in [2.45, 2.75) is 31.3 Å². The van der Waals surface area contributed by atoms with Crippen LogP contribution >= 0.6 is 46.0 Å². The van der Waals surface area contributed by atoms with E-state index in [-0.39, 0.29) is 4.75 Å². The highest BCUT2D eigenvalue weighted by Gasteiger charge is 2.16. The van der Waals surface area contributed by atoms with Crippen LogP contribution in [0.4, 0.5) is 0 Å². The van der Waals surface area contributed by atoms with Crippen LogP contribution in [-0.4, -0.2) is 14.7 Å². The fraction of sp³-hybridized carbons (Fsp3) is 0.333. The van der Waals surface area contributed by atoms with Crippen LogP contribution in [0.2, 0.25) is 5.15 Å². The van der Waals surface area contributed by atoms with E-state index in [1.807, 2.05) is 17.8 Å². The summed E-state index contributed by atoms with van der Waals surface area (Å²) in [6.07, 6.45) is 0. The second-order valence-corrected chi connectivity index (χ2v) is 9.60. The minimum atomic E-state index is 0.197. The van der Waals surface area contributed by atoms with Gasteiger partial charge < -0.3 is 0 Å². The van der Waals surface area contributed by atoms with Gasteiger partial charge in [0.05, 0.1) is 11.1 Å². The number of thiophene rings is 2. The van der Waals surface area contributed by atoms with Gasteiger partial charge in [0.15, 0.2) is 0 Å². The summed E-state index contributed by atoms with van der Waals surface area (Å²) in [6.45, 7) is 6.58. The van der Waals surface area contributed by atoms with Crippen molar-refractivity contribution in [1.82, 2.24) is 9.97 Å². The molecule has 0 spiro atoms. The van der Waals surface area contributed by atoms with E-state index in [9.17, 15) is 0 Å². The molecule has 3 rings (SSSR count). The second-order valence-electron chi connectivity index (χ2n) is 5.64. The molecule has 0 aliphatic carbocycles. The first kappa shape index (κ1) is 15.3. The van der Waals surface area contributed by atoms with E-state index in [0.29, 0.717) is 5.15 Å². The summed E-state index contributed by atoms with van der Waals surface area (Å²) >= 11 is 11.6. The van der Waals surface area contributed by atoms with Crippen LogP contribution in [0.15, 0.2) is 22.9 Å². The standard InChI is InChI=1S/C15H15ClN2S3/c1-15(2,3)21-8-11-17-13(16)12-9(7-20-14(12)18-11)10-5-4-6-19-10/h4-7H,8H2,1-3H3. The van der Waals surface area contributed by atoms with Crippen molar-refractivity contribution in [3.8, 4) is 10.4 Å². The fourth-order valence-electron chi connectivity index (χ4n) is 1.90. The first-order valence-electron chi connectivity index (χ1n) is 6.55. The molecule has 0 fully saturated rings. The summed E-state index contributed by atoms with van der Waals surface area (Å²) in [5, 5.41) is 5.74. The van der Waals surface area contributed by atoms with E-state index in [4.69, 9.17) is 11.6 Å². The molecule has 110 valence electrons. The van der Waals surface area contributed by atoms with Gasteiger partial charge in [0.25, 0.3) is 0 Å². The quantitative estimate of drug-likeness (QED) is 0.531. The van der Waals surface area contributed by atoms with Crippen LogP contribution in [0.1, 0.15) is 26.6 Å². The molecule has 0 unspecified atom stereocenters. The predicted molar refractivity (Wildman–Crippen MR) is 96.8 cm³/mol. The van der Waals surface area contributed by atoms with E-state index in [2.05, 4.69) is 47.6 Å². The van der Waals surface area contributed by atoms with Crippen LogP contribution in [0.3, 0.4) is 0 Å². The third-order valence-corrected chi connectivity index (χ3v) is 6.17. The SMILES string of the molecule is CC(C)(C)SCc1nc(Cl)c2c(-c3cccs3)csc2n1. The number of halogens is 1. The topological polar surface area (TPSA) is 25.8 Å². The fourth-order valence-corrected chi connectivity index (χ4v) is 4.72. The third-order valence-electron chi connectivity index (χ3n) is 2.86. The van der Waals surface area contributed by atoms with Gasteiger partial charge in [-0.25, -0.2) is 9.97 Å². The van der Waals surface area contributed by atoms with Crippen molar-refractivity contribution < 1.29 is 0 Å². The van der Waals surface area contributed by atoms with Crippen LogP contribution in [0.25, 0.3) is 20.7 Å². The highest BCUT2D eigenvalue weighted by atomic mass is 35.5. The Balaban J connectivity index is 1.99. The Labute approximate surface area is 141 Å². The Kier molecular flexibility index (Phi) is 4.28. The maximum atomic E-state index is 6.43. The van der Waals surface area contributed by atoms with Crippen LogP contribution in [-0.2, 0) is 5.75 Å². The average Bonchev–Trinajstić information content (AvgIpc) is 3.03. The molecule has 3 aromatic rings. The molecule has 21 heavy (non-hydrogen) atoms. The van der Waals surface area contributed by atoms with Gasteiger partial charge in [0, 0.05) is 20.6 Å². The second kappa shape index (κ2) is 5.88. The zero-order chi connectivity index (χ0) is 15.0. The number of nitrogens with zero attached hydrogens (tertiary/aromatic N) is 2. The van der Waals surface area contributed by atoms with Gasteiger partial charge in [-0.1, -0.05) is 38.4 Å². The summed E-state index contributed by atoms with van der Waals surface area (Å²) in [4.78, 5) is 11.4. The maximum Gasteiger partial charge on any atom is 0.142 e. The van der Waals surface area contributed by atoms with Gasteiger partial charge in [0.2, 0.25) is 0 Å². The first-order chi connectivity index (χ1) is 9.94. The number of thioether (sulfide) groups is 1. The molecule has 2 nitrogen and oxygen atoms in total. The Bertz CT molecular complexity index is 757. The number of fused-ring (bicyclic) bond motifs is 1. The molecule has 0 radical (unpaired) electrons. The molecule has 0 bridgehead atoms. The van der Waals surface area contributed by atoms with E-state index < -0.39 is 0 Å². The largest absolute Gasteiger partial charge is 0.221 e. The van der Waals surface area contributed by atoms with Crippen molar-refractivity contribution in [3.63, 3.8) is 0 Å². The lowest BCUT2D eigenvalue weighted by Gasteiger charge is -2.16. The van der Waals surface area contributed by atoms with Crippen molar-refractivity contribution in [3.05, 3.63) is 33.9 Å². The minimum absolute atomic E-state index is 0.197. The van der Waals surface area contributed by atoms with Gasteiger partial charge in [-0.3, -0.25) is 0 Å². The molecule has 6 heteroatoms. The summed E-state index contributed by atoms with van der Waals surface area (Å²) in [5.74, 6) is 1.60. The van der Waals surface area contributed by atoms with Gasteiger partial charge >= 0.3 is 0 Å². The summed E-state index contributed by atoms with van der Waals surface area (Å²) in [5.41, 5.74) is 1.14. The van der Waals surface area contributed by atoms with Gasteiger partial charge in [-0.2, -0.15) is 0 Å². The van der Waals surface area contributed by atoms with Gasteiger partial charge in [0.1, 0.15) is 15.8 Å². The normalized spacial score (nSPS) is 12.2. The molecule has 3 aromatic heterocycles. The zero-order valence-electron chi connectivity index (χ0n) is 12.0. The first-order valence-corrected chi connectivity index (χ1v) is 9.68. The van der Waals surface area contributed by atoms with E-state index in [1.54, 1.807) is 22.7 Å². The molecule has 0 aromatic carbocycles. The molecule has 0 amide bonds. The monoisotopic (exact) mass is 354 g/mol. The summed E-state index contributed by atoms with van der Waals surface area (Å²) in [6, 6.07) is 4.15. The Morgan fingerprint density at radius 2 is 2.05 bits per heavy atom. The van der Waals surface area contributed by atoms with Gasteiger partial charge in [-0.05, 0) is 11.4 Å². The Morgan fingerprint density at radius 1 is 1.24 bits per heavy atom. The predicted octanol–water partition coefficient (Wildman–Crippen LogP) is 6.10. The average molecular weight is 355 g/mol. The highest BCUT2D eigenvalue weighted by molar-refractivity contribution is 7.99. The van der Waals surface area contributed by atoms with Crippen LogP contribution in [0.5, 0.6) is 0 Å². The smallest absolute Gasteiger partial charge is 0.142 e. The van der Waals surface area contributed by atoms with Crippen LogP contribution < -0.4 is 0 Å². The molecule has 0 saturated carbocycles. The Morgan fingerprint density at radius 3 is 2.71 bits per heavy atom. The molecule has 0 N–H and O–H groups in total. The summed E-state index contributed by atoms with van der Waals surface area (Å²) in [7, 11) is 0. The lowest BCUT2D eigenvalue weighted by atomic mass is 10.2. The van der Waals surface area contributed by atoms with Crippen molar-refractivity contribution in [2.75, 3.05) is 0 Å². The molecular weight excluding hydrogens is 340 g/mol. The number of aromatic nitrogens is 2. The zero-order valence-corrected chi connectivity index (χ0v) is 15.2. The number of hydrogen-bond acceptors (Lipinski definition) is 5. The van der Waals surface area contributed by atoms with Gasteiger partial charge in [-0.15, -0.1) is 34.4 Å². The molecule has 0 aliphatic heterocycles. The number of hydrogen-bond donors (Lipinski definition) is 0. The Hall–Kier alpha value is -0.620. The summed E-state index contributed by atoms with van der Waals surface area (Å²) < 4.78 is 0.197. The van der Waals surface area contributed by atoms with E-state index in [1.165, 1.54) is 4.88 Å². The molecule has 3 heterocycles. The highest BCUT2D eigenvalue weighted by Crippen LogP contribution is 2.39. The lowest BCUT2D eigenvalue weighted by Crippen LogP contribution is -2.08. The maximum absolute atomic E-state index is 6.43. The van der Waals surface area contributed by atoms with Crippen molar-refractivity contribution in [1.29, 1.82) is 0 Å². The number of rotatable bonds is 3. The molecule has 0 atom stereocenters. The van der Waals surface area contributed by atoms with Crippen molar-refractivity contribution >= 4 is 56.3 Å². The minimum Gasteiger partial charge on any atom is -0.221 e. The van der Waals surface area contributed by atoms with Crippen molar-refractivity contribution in [2.24, 2.45) is 0 Å². The third kappa shape index (κ3) is 3.42. The van der Waals surface area contributed by atoms with E-state index >= 15 is 0 Å². The molecule has 0 aliphatic rings. The van der Waals surface area contributed by atoms with E-state index in [0.717, 1.165) is 27.4 Å². The van der Waals surface area contributed by atoms with Crippen LogP contribution in [0, 0.1) is 0 Å². The molecule has 0 saturated heterocycles.